The molecule has 0 aliphatic heterocycles. The van der Waals surface area contributed by atoms with Gasteiger partial charge in [0.1, 0.15) is 11.4 Å². The molecule has 1 aromatic carbocycles. The van der Waals surface area contributed by atoms with Gasteiger partial charge in [-0.15, -0.1) is 0 Å². The Hall–Kier alpha value is -0.870. The predicted molar refractivity (Wildman–Crippen MR) is 82.2 cm³/mol. The Morgan fingerprint density at radius 1 is 1.35 bits per heavy atom. The Bertz CT molecular complexity index is 479. The third-order valence-electron chi connectivity index (χ3n) is 3.92. The van der Waals surface area contributed by atoms with Crippen LogP contribution in [0.4, 0.5) is 0 Å². The molecule has 0 saturated heterocycles. The number of methoxy groups -OCH3 is 1. The SMILES string of the molecule is CCOC1(C(=O)Cc2ccc(OC)c(Br)c2)CCCC1. The average molecular weight is 341 g/mol. The summed E-state index contributed by atoms with van der Waals surface area (Å²) in [4.78, 5) is 12.6. The number of ketones is 1. The molecule has 1 saturated carbocycles. The summed E-state index contributed by atoms with van der Waals surface area (Å²) in [5.41, 5.74) is 0.454. The molecule has 20 heavy (non-hydrogen) atoms. The summed E-state index contributed by atoms with van der Waals surface area (Å²) in [5.74, 6) is 0.982. The van der Waals surface area contributed by atoms with Crippen LogP contribution < -0.4 is 4.74 Å². The minimum atomic E-state index is -0.541. The summed E-state index contributed by atoms with van der Waals surface area (Å²) in [6, 6.07) is 5.77. The first-order valence-electron chi connectivity index (χ1n) is 7.11. The molecule has 1 aliphatic carbocycles. The maximum Gasteiger partial charge on any atom is 0.168 e. The van der Waals surface area contributed by atoms with Crippen LogP contribution in [0.2, 0.25) is 0 Å². The number of rotatable bonds is 6. The monoisotopic (exact) mass is 340 g/mol. The van der Waals surface area contributed by atoms with Gasteiger partial charge in [0.25, 0.3) is 0 Å². The Kier molecular flexibility index (Phi) is 5.22. The highest BCUT2D eigenvalue weighted by Gasteiger charge is 2.41. The fourth-order valence-corrected chi connectivity index (χ4v) is 3.48. The number of carbonyl (C=O) groups is 1. The van der Waals surface area contributed by atoms with E-state index in [1.54, 1.807) is 7.11 Å². The van der Waals surface area contributed by atoms with Gasteiger partial charge in [-0.25, -0.2) is 0 Å². The smallest absolute Gasteiger partial charge is 0.168 e. The second-order valence-electron chi connectivity index (χ2n) is 5.20. The molecule has 1 aliphatic rings. The Morgan fingerprint density at radius 2 is 2.05 bits per heavy atom. The lowest BCUT2D eigenvalue weighted by Gasteiger charge is -2.27. The van der Waals surface area contributed by atoms with Crippen molar-refractivity contribution in [2.75, 3.05) is 13.7 Å². The van der Waals surface area contributed by atoms with E-state index < -0.39 is 5.60 Å². The van der Waals surface area contributed by atoms with Crippen LogP contribution in [0.25, 0.3) is 0 Å². The first-order chi connectivity index (χ1) is 9.61. The number of ether oxygens (including phenoxy) is 2. The van der Waals surface area contributed by atoms with Gasteiger partial charge in [0.15, 0.2) is 5.78 Å². The van der Waals surface area contributed by atoms with Crippen LogP contribution in [0.5, 0.6) is 5.75 Å². The van der Waals surface area contributed by atoms with Gasteiger partial charge in [-0.3, -0.25) is 4.79 Å². The highest BCUT2D eigenvalue weighted by molar-refractivity contribution is 9.10. The lowest BCUT2D eigenvalue weighted by molar-refractivity contribution is -0.142. The van der Waals surface area contributed by atoms with Crippen molar-refractivity contribution < 1.29 is 14.3 Å². The van der Waals surface area contributed by atoms with Gasteiger partial charge in [-0.05, 0) is 66.2 Å². The quantitative estimate of drug-likeness (QED) is 0.787. The molecular formula is C16H21BrO3. The highest BCUT2D eigenvalue weighted by atomic mass is 79.9. The number of Topliss-reactive ketones (excluding diaryl/α,β-unsaturated/α-hetero) is 1. The number of hydrogen-bond donors (Lipinski definition) is 0. The predicted octanol–water partition coefficient (Wildman–Crippen LogP) is 3.92. The van der Waals surface area contributed by atoms with E-state index in [0.29, 0.717) is 13.0 Å². The van der Waals surface area contributed by atoms with Crippen LogP contribution in [0.3, 0.4) is 0 Å². The Morgan fingerprint density at radius 3 is 2.60 bits per heavy atom. The second-order valence-corrected chi connectivity index (χ2v) is 6.06. The fraction of sp³-hybridized carbons (Fsp3) is 0.562. The standard InChI is InChI=1S/C16H21BrO3/c1-3-20-16(8-4-5-9-16)15(18)11-12-6-7-14(19-2)13(17)10-12/h6-7,10H,3-5,8-9,11H2,1-2H3. The zero-order valence-corrected chi connectivity index (χ0v) is 13.7. The fourth-order valence-electron chi connectivity index (χ4n) is 2.89. The van der Waals surface area contributed by atoms with Crippen LogP contribution >= 0.6 is 15.9 Å². The molecule has 0 N–H and O–H groups in total. The summed E-state index contributed by atoms with van der Waals surface area (Å²) < 4.78 is 11.9. The molecule has 4 heteroatoms. The minimum Gasteiger partial charge on any atom is -0.496 e. The molecule has 1 aromatic rings. The van der Waals surface area contributed by atoms with Crippen molar-refractivity contribution in [1.82, 2.24) is 0 Å². The van der Waals surface area contributed by atoms with Gasteiger partial charge in [0.05, 0.1) is 11.6 Å². The molecule has 0 radical (unpaired) electrons. The molecule has 0 bridgehead atoms. The Balaban J connectivity index is 2.12. The van der Waals surface area contributed by atoms with Gasteiger partial charge < -0.3 is 9.47 Å². The summed E-state index contributed by atoms with van der Waals surface area (Å²) in [6.07, 6.45) is 4.30. The van der Waals surface area contributed by atoms with Crippen molar-refractivity contribution in [3.05, 3.63) is 28.2 Å². The van der Waals surface area contributed by atoms with Gasteiger partial charge in [0.2, 0.25) is 0 Å². The molecular weight excluding hydrogens is 320 g/mol. The van der Waals surface area contributed by atoms with E-state index in [0.717, 1.165) is 41.5 Å². The van der Waals surface area contributed by atoms with Crippen LogP contribution in [-0.2, 0) is 16.0 Å². The topological polar surface area (TPSA) is 35.5 Å². The lowest BCUT2D eigenvalue weighted by atomic mass is 9.91. The third-order valence-corrected chi connectivity index (χ3v) is 4.54. The highest BCUT2D eigenvalue weighted by Crippen LogP contribution is 2.35. The van der Waals surface area contributed by atoms with Crippen LogP contribution in [0, 0.1) is 0 Å². The second kappa shape index (κ2) is 6.72. The van der Waals surface area contributed by atoms with Gasteiger partial charge in [-0.2, -0.15) is 0 Å². The molecule has 0 heterocycles. The lowest BCUT2D eigenvalue weighted by Crippen LogP contribution is -2.40. The Labute approximate surface area is 128 Å². The normalized spacial score (nSPS) is 17.1. The van der Waals surface area contributed by atoms with Crippen molar-refractivity contribution in [3.63, 3.8) is 0 Å². The van der Waals surface area contributed by atoms with Gasteiger partial charge in [0, 0.05) is 13.0 Å². The van der Waals surface area contributed by atoms with Crippen LogP contribution in [0.15, 0.2) is 22.7 Å². The zero-order valence-electron chi connectivity index (χ0n) is 12.1. The van der Waals surface area contributed by atoms with Gasteiger partial charge >= 0.3 is 0 Å². The maximum atomic E-state index is 12.6. The summed E-state index contributed by atoms with van der Waals surface area (Å²) in [5, 5.41) is 0. The van der Waals surface area contributed by atoms with Crippen molar-refractivity contribution in [3.8, 4) is 5.75 Å². The molecule has 0 spiro atoms. The number of carbonyl (C=O) groups excluding carboxylic acids is 1. The number of benzene rings is 1. The van der Waals surface area contributed by atoms with E-state index in [4.69, 9.17) is 9.47 Å². The molecule has 0 unspecified atom stereocenters. The molecule has 3 nitrogen and oxygen atoms in total. The van der Waals surface area contributed by atoms with Crippen LogP contribution in [0.1, 0.15) is 38.2 Å². The number of halogens is 1. The van der Waals surface area contributed by atoms with Crippen molar-refractivity contribution in [2.45, 2.75) is 44.6 Å². The molecule has 0 atom stereocenters. The molecule has 0 amide bonds. The average Bonchev–Trinajstić information content (AvgIpc) is 2.89. The van der Waals surface area contributed by atoms with E-state index in [1.807, 2.05) is 25.1 Å². The van der Waals surface area contributed by atoms with E-state index in [1.165, 1.54) is 0 Å². The van der Waals surface area contributed by atoms with Crippen molar-refractivity contribution in [1.29, 1.82) is 0 Å². The zero-order chi connectivity index (χ0) is 14.6. The first-order valence-corrected chi connectivity index (χ1v) is 7.90. The molecule has 1 fully saturated rings. The maximum absolute atomic E-state index is 12.6. The molecule has 110 valence electrons. The van der Waals surface area contributed by atoms with Gasteiger partial charge in [-0.1, -0.05) is 6.07 Å². The van der Waals surface area contributed by atoms with E-state index in [-0.39, 0.29) is 5.78 Å². The minimum absolute atomic E-state index is 0.203. The van der Waals surface area contributed by atoms with Crippen molar-refractivity contribution in [2.24, 2.45) is 0 Å². The van der Waals surface area contributed by atoms with Crippen molar-refractivity contribution >= 4 is 21.7 Å². The van der Waals surface area contributed by atoms with E-state index in [9.17, 15) is 4.79 Å². The largest absolute Gasteiger partial charge is 0.496 e. The number of hydrogen-bond acceptors (Lipinski definition) is 3. The summed E-state index contributed by atoms with van der Waals surface area (Å²) in [7, 11) is 1.63. The molecule has 2 rings (SSSR count). The molecule has 0 aromatic heterocycles. The van der Waals surface area contributed by atoms with Crippen LogP contribution in [-0.4, -0.2) is 25.1 Å². The summed E-state index contributed by atoms with van der Waals surface area (Å²) in [6.45, 7) is 2.55. The van der Waals surface area contributed by atoms with E-state index in [2.05, 4.69) is 15.9 Å². The summed E-state index contributed by atoms with van der Waals surface area (Å²) >= 11 is 3.46. The third kappa shape index (κ3) is 3.23. The van der Waals surface area contributed by atoms with E-state index >= 15 is 0 Å². The first kappa shape index (κ1) is 15.5.